The van der Waals surface area contributed by atoms with Crippen LogP contribution in [0.4, 0.5) is 0 Å². The van der Waals surface area contributed by atoms with Crippen molar-refractivity contribution in [3.05, 3.63) is 0 Å². The van der Waals surface area contributed by atoms with Gasteiger partial charge in [-0.25, -0.2) is 0 Å². The predicted molar refractivity (Wildman–Crippen MR) is 73.5 cm³/mol. The molecule has 96 valence electrons. The molecule has 0 amide bonds. The van der Waals surface area contributed by atoms with E-state index in [9.17, 15) is 0 Å². The molecule has 1 aliphatic carbocycles. The van der Waals surface area contributed by atoms with Crippen molar-refractivity contribution in [2.75, 3.05) is 0 Å². The zero-order valence-electron chi connectivity index (χ0n) is 12.3. The molecule has 1 fully saturated rings. The second kappa shape index (κ2) is 6.07. The lowest BCUT2D eigenvalue weighted by atomic mass is 9.61. The number of hydrogen-bond donors (Lipinski definition) is 0. The summed E-state index contributed by atoms with van der Waals surface area (Å²) in [6.07, 6.45) is 5.79. The van der Waals surface area contributed by atoms with E-state index in [1.807, 2.05) is 0 Å². The Balaban J connectivity index is 2.70. The summed E-state index contributed by atoms with van der Waals surface area (Å²) in [5.74, 6) is 5.67. The quantitative estimate of drug-likeness (QED) is 0.601. The Morgan fingerprint density at radius 1 is 0.938 bits per heavy atom. The van der Waals surface area contributed by atoms with Gasteiger partial charge in [-0.2, -0.15) is 0 Å². The van der Waals surface area contributed by atoms with E-state index in [2.05, 4.69) is 41.5 Å². The normalized spacial score (nSPS) is 36.0. The van der Waals surface area contributed by atoms with Crippen molar-refractivity contribution < 1.29 is 0 Å². The molecule has 0 radical (unpaired) electrons. The van der Waals surface area contributed by atoms with Crippen molar-refractivity contribution in [1.82, 2.24) is 0 Å². The summed E-state index contributed by atoms with van der Waals surface area (Å²) in [4.78, 5) is 0. The summed E-state index contributed by atoms with van der Waals surface area (Å²) < 4.78 is 0. The Morgan fingerprint density at radius 2 is 1.44 bits per heavy atom. The second-order valence-electron chi connectivity index (χ2n) is 6.81. The van der Waals surface area contributed by atoms with Crippen LogP contribution in [0.1, 0.15) is 67.2 Å². The average molecular weight is 224 g/mol. The van der Waals surface area contributed by atoms with Crippen LogP contribution in [0.2, 0.25) is 0 Å². The summed E-state index contributed by atoms with van der Waals surface area (Å²) in [5, 5.41) is 0. The standard InChI is InChI=1S/C16H32/c1-7-8-14-10-16(12(4)5)15(11(2)3)9-13(14)6/h11-16H,7-10H2,1-6H3. The van der Waals surface area contributed by atoms with Crippen molar-refractivity contribution in [3.63, 3.8) is 0 Å². The van der Waals surface area contributed by atoms with Crippen LogP contribution in [-0.2, 0) is 0 Å². The van der Waals surface area contributed by atoms with Crippen molar-refractivity contribution in [3.8, 4) is 0 Å². The monoisotopic (exact) mass is 224 g/mol. The highest BCUT2D eigenvalue weighted by atomic mass is 14.4. The molecule has 1 rings (SSSR count). The molecule has 4 unspecified atom stereocenters. The van der Waals surface area contributed by atoms with Gasteiger partial charge in [-0.3, -0.25) is 0 Å². The van der Waals surface area contributed by atoms with Crippen LogP contribution in [0.25, 0.3) is 0 Å². The molecule has 0 heteroatoms. The van der Waals surface area contributed by atoms with E-state index in [0.717, 1.165) is 35.5 Å². The minimum atomic E-state index is 0.873. The molecule has 0 bridgehead atoms. The van der Waals surface area contributed by atoms with Gasteiger partial charge in [-0.1, -0.05) is 54.4 Å². The van der Waals surface area contributed by atoms with Gasteiger partial charge in [-0.15, -0.1) is 0 Å². The highest BCUT2D eigenvalue weighted by molar-refractivity contribution is 4.86. The van der Waals surface area contributed by atoms with E-state index in [0.29, 0.717) is 0 Å². The molecule has 1 aliphatic rings. The molecular formula is C16H32. The van der Waals surface area contributed by atoms with Gasteiger partial charge in [0.15, 0.2) is 0 Å². The zero-order valence-corrected chi connectivity index (χ0v) is 12.3. The minimum Gasteiger partial charge on any atom is -0.0654 e. The van der Waals surface area contributed by atoms with Crippen molar-refractivity contribution in [2.24, 2.45) is 35.5 Å². The van der Waals surface area contributed by atoms with E-state index < -0.39 is 0 Å². The number of hydrogen-bond acceptors (Lipinski definition) is 0. The first-order valence-corrected chi connectivity index (χ1v) is 7.47. The van der Waals surface area contributed by atoms with Gasteiger partial charge in [0.05, 0.1) is 0 Å². The number of rotatable bonds is 4. The van der Waals surface area contributed by atoms with Gasteiger partial charge in [0.25, 0.3) is 0 Å². The van der Waals surface area contributed by atoms with Crippen molar-refractivity contribution >= 4 is 0 Å². The molecule has 4 atom stereocenters. The maximum absolute atomic E-state index is 2.49. The van der Waals surface area contributed by atoms with Gasteiger partial charge >= 0.3 is 0 Å². The largest absolute Gasteiger partial charge is 0.0654 e. The molecule has 1 saturated carbocycles. The van der Waals surface area contributed by atoms with E-state index in [-0.39, 0.29) is 0 Å². The molecular weight excluding hydrogens is 192 g/mol. The van der Waals surface area contributed by atoms with Crippen LogP contribution in [0, 0.1) is 35.5 Å². The molecule has 0 N–H and O–H groups in total. The molecule has 0 nitrogen and oxygen atoms in total. The Bertz CT molecular complexity index is 192. The summed E-state index contributed by atoms with van der Waals surface area (Å²) in [6, 6.07) is 0. The van der Waals surface area contributed by atoms with E-state index in [1.165, 1.54) is 25.7 Å². The fourth-order valence-corrected chi connectivity index (χ4v) is 3.86. The molecule has 0 saturated heterocycles. The van der Waals surface area contributed by atoms with Gasteiger partial charge in [-0.05, 0) is 48.3 Å². The summed E-state index contributed by atoms with van der Waals surface area (Å²) in [7, 11) is 0. The predicted octanol–water partition coefficient (Wildman–Crippen LogP) is 5.38. The Morgan fingerprint density at radius 3 is 1.88 bits per heavy atom. The maximum atomic E-state index is 2.49. The summed E-state index contributed by atoms with van der Waals surface area (Å²) >= 11 is 0. The van der Waals surface area contributed by atoms with Gasteiger partial charge in [0.1, 0.15) is 0 Å². The maximum Gasteiger partial charge on any atom is -0.0357 e. The van der Waals surface area contributed by atoms with Crippen LogP contribution < -0.4 is 0 Å². The first-order chi connectivity index (χ1) is 7.47. The molecule has 0 aliphatic heterocycles. The first-order valence-electron chi connectivity index (χ1n) is 7.47. The Kier molecular flexibility index (Phi) is 5.34. The van der Waals surface area contributed by atoms with E-state index in [4.69, 9.17) is 0 Å². The van der Waals surface area contributed by atoms with Crippen molar-refractivity contribution in [1.29, 1.82) is 0 Å². The average Bonchev–Trinajstić information content (AvgIpc) is 2.20. The van der Waals surface area contributed by atoms with Crippen LogP contribution in [0.5, 0.6) is 0 Å². The third-order valence-corrected chi connectivity index (χ3v) is 4.95. The van der Waals surface area contributed by atoms with Gasteiger partial charge < -0.3 is 0 Å². The molecule has 0 aromatic rings. The van der Waals surface area contributed by atoms with E-state index in [1.54, 1.807) is 0 Å². The minimum absolute atomic E-state index is 0.873. The fourth-order valence-electron chi connectivity index (χ4n) is 3.86. The Hall–Kier alpha value is 0. The van der Waals surface area contributed by atoms with Gasteiger partial charge in [0, 0.05) is 0 Å². The fraction of sp³-hybridized carbons (Fsp3) is 1.00. The third-order valence-electron chi connectivity index (χ3n) is 4.95. The van der Waals surface area contributed by atoms with Crippen LogP contribution in [-0.4, -0.2) is 0 Å². The van der Waals surface area contributed by atoms with E-state index >= 15 is 0 Å². The van der Waals surface area contributed by atoms with Gasteiger partial charge in [0.2, 0.25) is 0 Å². The highest BCUT2D eigenvalue weighted by Gasteiger charge is 2.37. The van der Waals surface area contributed by atoms with Crippen LogP contribution in [0.15, 0.2) is 0 Å². The Labute approximate surface area is 103 Å². The molecule has 0 heterocycles. The molecule has 0 aromatic heterocycles. The second-order valence-corrected chi connectivity index (χ2v) is 6.81. The lowest BCUT2D eigenvalue weighted by Gasteiger charge is -2.44. The smallest absolute Gasteiger partial charge is 0.0357 e. The molecule has 0 aromatic carbocycles. The lowest BCUT2D eigenvalue weighted by molar-refractivity contribution is 0.0567. The summed E-state index contributed by atoms with van der Waals surface area (Å²) in [5.41, 5.74) is 0. The topological polar surface area (TPSA) is 0 Å². The zero-order chi connectivity index (χ0) is 12.3. The van der Waals surface area contributed by atoms with Crippen molar-refractivity contribution in [2.45, 2.75) is 67.2 Å². The van der Waals surface area contributed by atoms with Crippen LogP contribution in [0.3, 0.4) is 0 Å². The third kappa shape index (κ3) is 3.25. The summed E-state index contributed by atoms with van der Waals surface area (Å²) in [6.45, 7) is 14.5. The highest BCUT2D eigenvalue weighted by Crippen LogP contribution is 2.45. The SMILES string of the molecule is CCCC1CC(C(C)C)C(C(C)C)CC1C. The first kappa shape index (κ1) is 14.1. The lowest BCUT2D eigenvalue weighted by Crippen LogP contribution is -2.36. The molecule has 0 spiro atoms. The molecule has 16 heavy (non-hydrogen) atoms. The van der Waals surface area contributed by atoms with Crippen LogP contribution >= 0.6 is 0 Å².